The van der Waals surface area contributed by atoms with E-state index in [4.69, 9.17) is 0 Å². The molecule has 0 spiro atoms. The third kappa shape index (κ3) is 5.10. The van der Waals surface area contributed by atoms with E-state index in [-0.39, 0.29) is 28.6 Å². The molecule has 2 heterocycles. The number of nitro benzene ring substituents is 1. The van der Waals surface area contributed by atoms with Crippen LogP contribution in [-0.2, 0) is 13.1 Å². The minimum atomic E-state index is -0.583. The van der Waals surface area contributed by atoms with E-state index >= 15 is 0 Å². The fourth-order valence-corrected chi connectivity index (χ4v) is 4.46. The summed E-state index contributed by atoms with van der Waals surface area (Å²) in [4.78, 5) is 14.9. The largest absolute Gasteiger partial charge is 0.506 e. The first-order chi connectivity index (χ1) is 15.5. The number of rotatable bonds is 8. The number of phenolic OH excluding ortho intramolecular Hbond substituents is 2. The predicted molar refractivity (Wildman–Crippen MR) is 126 cm³/mol. The number of nitro groups is 1. The molecule has 0 aliphatic rings. The van der Waals surface area contributed by atoms with Gasteiger partial charge in [-0.2, -0.15) is 0 Å². The van der Waals surface area contributed by atoms with E-state index in [1.165, 1.54) is 21.9 Å². The minimum absolute atomic E-state index is 0.0558. The van der Waals surface area contributed by atoms with Crippen LogP contribution in [0.4, 0.5) is 22.7 Å². The van der Waals surface area contributed by atoms with Gasteiger partial charge in [0.2, 0.25) is 0 Å². The zero-order chi connectivity index (χ0) is 22.5. The SMILES string of the molecule is O=[N+]([O-])c1ccc(O)c(N=Nc2ccc(N(Cc3cccs3)Cc3cccs3)cc2O)c1. The van der Waals surface area contributed by atoms with Crippen molar-refractivity contribution in [3.8, 4) is 11.5 Å². The lowest BCUT2D eigenvalue weighted by atomic mass is 10.2. The highest BCUT2D eigenvalue weighted by Gasteiger charge is 2.13. The summed E-state index contributed by atoms with van der Waals surface area (Å²) in [7, 11) is 0. The average molecular weight is 467 g/mol. The van der Waals surface area contributed by atoms with Gasteiger partial charge in [0.1, 0.15) is 22.9 Å². The Balaban J connectivity index is 1.59. The van der Waals surface area contributed by atoms with Gasteiger partial charge in [0.15, 0.2) is 0 Å². The summed E-state index contributed by atoms with van der Waals surface area (Å²) in [5.41, 5.74) is 0.738. The number of anilines is 1. The fourth-order valence-electron chi connectivity index (χ4n) is 3.03. The van der Waals surface area contributed by atoms with Gasteiger partial charge in [-0.05, 0) is 41.1 Å². The Morgan fingerprint density at radius 1 is 0.844 bits per heavy atom. The lowest BCUT2D eigenvalue weighted by molar-refractivity contribution is -0.384. The molecule has 4 rings (SSSR count). The molecule has 0 saturated heterocycles. The highest BCUT2D eigenvalue weighted by Crippen LogP contribution is 2.36. The molecule has 0 atom stereocenters. The number of aromatic hydroxyl groups is 2. The Morgan fingerprint density at radius 3 is 2.06 bits per heavy atom. The van der Waals surface area contributed by atoms with Crippen LogP contribution in [0.2, 0.25) is 0 Å². The highest BCUT2D eigenvalue weighted by molar-refractivity contribution is 7.10. The first-order valence-corrected chi connectivity index (χ1v) is 11.3. The van der Waals surface area contributed by atoms with E-state index in [2.05, 4.69) is 27.3 Å². The maximum Gasteiger partial charge on any atom is 0.271 e. The van der Waals surface area contributed by atoms with Crippen LogP contribution in [-0.4, -0.2) is 15.1 Å². The first-order valence-electron chi connectivity index (χ1n) is 9.51. The van der Waals surface area contributed by atoms with Crippen LogP contribution < -0.4 is 4.90 Å². The maximum atomic E-state index is 10.9. The molecular formula is C22H18N4O4S2. The second kappa shape index (κ2) is 9.58. The first kappa shape index (κ1) is 21.5. The Hall–Kier alpha value is -3.76. The molecule has 0 radical (unpaired) electrons. The van der Waals surface area contributed by atoms with E-state index in [1.807, 2.05) is 29.0 Å². The van der Waals surface area contributed by atoms with Crippen LogP contribution in [0.5, 0.6) is 11.5 Å². The Labute approximate surface area is 191 Å². The number of phenols is 2. The molecule has 0 unspecified atom stereocenters. The lowest BCUT2D eigenvalue weighted by Gasteiger charge is -2.24. The van der Waals surface area contributed by atoms with Crippen molar-refractivity contribution in [2.24, 2.45) is 10.2 Å². The van der Waals surface area contributed by atoms with Crippen LogP contribution in [0.1, 0.15) is 9.75 Å². The van der Waals surface area contributed by atoms with Crippen molar-refractivity contribution in [2.45, 2.75) is 13.1 Å². The summed E-state index contributed by atoms with van der Waals surface area (Å²) in [5, 5.41) is 43.3. The highest BCUT2D eigenvalue weighted by atomic mass is 32.1. The zero-order valence-electron chi connectivity index (χ0n) is 16.7. The Morgan fingerprint density at radius 2 is 1.50 bits per heavy atom. The maximum absolute atomic E-state index is 10.9. The summed E-state index contributed by atoms with van der Waals surface area (Å²) in [6.07, 6.45) is 0. The fraction of sp³-hybridized carbons (Fsp3) is 0.0909. The summed E-state index contributed by atoms with van der Waals surface area (Å²) in [6.45, 7) is 1.38. The van der Waals surface area contributed by atoms with Crippen LogP contribution in [0, 0.1) is 10.1 Å². The number of hydrogen-bond acceptors (Lipinski definition) is 9. The van der Waals surface area contributed by atoms with E-state index in [0.29, 0.717) is 13.1 Å². The normalized spacial score (nSPS) is 11.1. The quantitative estimate of drug-likeness (QED) is 0.169. The minimum Gasteiger partial charge on any atom is -0.506 e. The lowest BCUT2D eigenvalue weighted by Crippen LogP contribution is -2.20. The van der Waals surface area contributed by atoms with E-state index in [1.54, 1.807) is 34.8 Å². The van der Waals surface area contributed by atoms with Gasteiger partial charge in [-0.25, -0.2) is 0 Å². The molecular weight excluding hydrogens is 448 g/mol. The summed E-state index contributed by atoms with van der Waals surface area (Å²) in [5.74, 6) is -0.327. The Bertz CT molecular complexity index is 1200. The molecule has 2 N–H and O–H groups in total. The molecule has 0 fully saturated rings. The van der Waals surface area contributed by atoms with Crippen molar-refractivity contribution in [1.29, 1.82) is 0 Å². The van der Waals surface area contributed by atoms with Gasteiger partial charge in [-0.1, -0.05) is 12.1 Å². The molecule has 162 valence electrons. The van der Waals surface area contributed by atoms with Crippen molar-refractivity contribution in [2.75, 3.05) is 4.90 Å². The zero-order valence-corrected chi connectivity index (χ0v) is 18.3. The molecule has 32 heavy (non-hydrogen) atoms. The molecule has 8 nitrogen and oxygen atoms in total. The van der Waals surface area contributed by atoms with Crippen LogP contribution in [0.3, 0.4) is 0 Å². The number of azo groups is 1. The second-order valence-electron chi connectivity index (χ2n) is 6.82. The smallest absolute Gasteiger partial charge is 0.271 e. The molecule has 0 aliphatic carbocycles. The van der Waals surface area contributed by atoms with Crippen molar-refractivity contribution in [1.82, 2.24) is 0 Å². The third-order valence-electron chi connectivity index (χ3n) is 4.61. The molecule has 10 heteroatoms. The van der Waals surface area contributed by atoms with Crippen molar-refractivity contribution >= 4 is 45.4 Å². The monoisotopic (exact) mass is 466 g/mol. The number of thiophene rings is 2. The standard InChI is InChI=1S/C22H18N4O4S2/c27-21-8-6-16(26(29)30)11-20(21)24-23-19-7-5-15(12-22(19)28)25(13-17-3-1-9-31-17)14-18-4-2-10-32-18/h1-12,27-28H,13-14H2. The van der Waals surface area contributed by atoms with E-state index in [0.717, 1.165) is 11.8 Å². The third-order valence-corrected chi connectivity index (χ3v) is 6.34. The molecule has 4 aromatic rings. The number of non-ortho nitro benzene ring substituents is 1. The molecule has 2 aromatic carbocycles. The molecule has 0 aliphatic heterocycles. The summed E-state index contributed by atoms with van der Waals surface area (Å²) in [6, 6.07) is 16.7. The summed E-state index contributed by atoms with van der Waals surface area (Å²) < 4.78 is 0. The topological polar surface area (TPSA) is 112 Å². The molecule has 0 bridgehead atoms. The van der Waals surface area contributed by atoms with Gasteiger partial charge in [0.05, 0.1) is 18.0 Å². The molecule has 0 amide bonds. The van der Waals surface area contributed by atoms with Gasteiger partial charge in [-0.3, -0.25) is 10.1 Å². The van der Waals surface area contributed by atoms with Crippen molar-refractivity contribution < 1.29 is 15.1 Å². The van der Waals surface area contributed by atoms with E-state index in [9.17, 15) is 20.3 Å². The average Bonchev–Trinajstić information content (AvgIpc) is 3.47. The molecule has 0 saturated carbocycles. The number of nitrogens with zero attached hydrogens (tertiary/aromatic N) is 4. The van der Waals surface area contributed by atoms with Gasteiger partial charge in [-0.15, -0.1) is 32.9 Å². The van der Waals surface area contributed by atoms with Gasteiger partial charge >= 0.3 is 0 Å². The van der Waals surface area contributed by atoms with E-state index < -0.39 is 4.92 Å². The van der Waals surface area contributed by atoms with Crippen LogP contribution in [0.15, 0.2) is 81.7 Å². The second-order valence-corrected chi connectivity index (χ2v) is 8.88. The van der Waals surface area contributed by atoms with Gasteiger partial charge in [0.25, 0.3) is 5.69 Å². The Kier molecular flexibility index (Phi) is 6.43. The number of hydrogen-bond donors (Lipinski definition) is 2. The van der Waals surface area contributed by atoms with Gasteiger partial charge < -0.3 is 15.1 Å². The van der Waals surface area contributed by atoms with Crippen molar-refractivity contribution in [3.63, 3.8) is 0 Å². The number of benzene rings is 2. The van der Waals surface area contributed by atoms with Crippen LogP contribution in [0.25, 0.3) is 0 Å². The predicted octanol–water partition coefficient (Wildman–Crippen LogP) is 6.75. The van der Waals surface area contributed by atoms with Crippen LogP contribution >= 0.6 is 22.7 Å². The molecule has 2 aromatic heterocycles. The summed E-state index contributed by atoms with van der Waals surface area (Å²) >= 11 is 3.34. The van der Waals surface area contributed by atoms with Crippen molar-refractivity contribution in [3.05, 3.63) is 91.3 Å². The van der Waals surface area contributed by atoms with Gasteiger partial charge in [0, 0.05) is 33.6 Å².